The number of aryl methyl sites for hydroxylation is 1. The van der Waals surface area contributed by atoms with Gasteiger partial charge in [-0.2, -0.15) is 0 Å². The quantitative estimate of drug-likeness (QED) is 0.208. The van der Waals surface area contributed by atoms with Crippen molar-refractivity contribution in [3.05, 3.63) is 126 Å². The highest BCUT2D eigenvalue weighted by atomic mass is 32.2. The van der Waals surface area contributed by atoms with E-state index in [-0.39, 0.29) is 16.7 Å². The number of rotatable bonds is 7. The molecule has 6 aromatic rings. The summed E-state index contributed by atoms with van der Waals surface area (Å²) in [4.78, 5) is 18.4. The zero-order valence-corrected chi connectivity index (χ0v) is 23.6. The van der Waals surface area contributed by atoms with Crippen LogP contribution in [-0.4, -0.2) is 24.5 Å². The molecule has 6 rings (SSSR count). The summed E-state index contributed by atoms with van der Waals surface area (Å²) >= 11 is 0. The Kier molecular flexibility index (Phi) is 7.02. The maximum absolute atomic E-state index is 13.5. The average Bonchev–Trinajstić information content (AvgIpc) is 3.33. The number of benzene rings is 4. The van der Waals surface area contributed by atoms with Crippen LogP contribution in [0.3, 0.4) is 0 Å². The summed E-state index contributed by atoms with van der Waals surface area (Å²) in [6.07, 6.45) is 0. The number of nitrogens with one attached hydrogen (secondary N) is 2. The lowest BCUT2D eigenvalue weighted by Crippen LogP contribution is -2.15. The Bertz CT molecular complexity index is 2020. The number of carbonyl (C=O) groups excluding carboxylic acids is 1. The largest absolute Gasteiger partial charge is 0.337 e. The van der Waals surface area contributed by atoms with Gasteiger partial charge in [0.25, 0.3) is 15.9 Å². The van der Waals surface area contributed by atoms with Crippen LogP contribution in [0, 0.1) is 13.8 Å². The topological polar surface area (TPSA) is 114 Å². The molecule has 42 heavy (non-hydrogen) atoms. The molecule has 0 aliphatic carbocycles. The van der Waals surface area contributed by atoms with Crippen molar-refractivity contribution in [1.29, 1.82) is 0 Å². The molecule has 2 aromatic heterocycles. The van der Waals surface area contributed by atoms with Crippen molar-refractivity contribution < 1.29 is 17.7 Å². The molecule has 0 fully saturated rings. The number of anilines is 2. The molecule has 2 heterocycles. The normalized spacial score (nSPS) is 11.4. The number of para-hydroxylation sites is 1. The number of pyridine rings is 1. The maximum Gasteiger partial charge on any atom is 0.264 e. The van der Waals surface area contributed by atoms with Gasteiger partial charge in [0.05, 0.1) is 27.4 Å². The number of fused-ring (bicyclic) bond motifs is 1. The van der Waals surface area contributed by atoms with Crippen LogP contribution >= 0.6 is 0 Å². The molecule has 0 saturated heterocycles. The predicted octanol–water partition coefficient (Wildman–Crippen LogP) is 7.23. The number of hydrogen-bond acceptors (Lipinski definition) is 6. The molecular weight excluding hydrogens is 548 g/mol. The van der Waals surface area contributed by atoms with E-state index in [0.29, 0.717) is 39.1 Å². The van der Waals surface area contributed by atoms with Crippen LogP contribution in [0.5, 0.6) is 0 Å². The zero-order valence-electron chi connectivity index (χ0n) is 22.8. The predicted molar refractivity (Wildman–Crippen MR) is 164 cm³/mol. The number of hydrogen-bond donors (Lipinski definition) is 2. The molecule has 0 spiro atoms. The van der Waals surface area contributed by atoms with Gasteiger partial charge in [-0.3, -0.25) is 4.79 Å². The Morgan fingerprint density at radius 2 is 1.40 bits per heavy atom. The molecular formula is C33H26N4O4S. The Morgan fingerprint density at radius 3 is 2.10 bits per heavy atom. The van der Waals surface area contributed by atoms with Gasteiger partial charge < -0.3 is 9.84 Å². The Balaban J connectivity index is 1.26. The molecule has 0 unspecified atom stereocenters. The van der Waals surface area contributed by atoms with Gasteiger partial charge >= 0.3 is 0 Å². The number of aromatic nitrogens is 2. The van der Waals surface area contributed by atoms with Crippen molar-refractivity contribution in [3.63, 3.8) is 0 Å². The molecule has 0 bridgehead atoms. The van der Waals surface area contributed by atoms with Crippen molar-refractivity contribution in [1.82, 2.24) is 10.1 Å². The molecule has 0 atom stereocenters. The van der Waals surface area contributed by atoms with Gasteiger partial charge in [-0.15, -0.1) is 0 Å². The third kappa shape index (κ3) is 5.37. The number of carbonyl (C=O) groups is 1. The first-order valence-corrected chi connectivity index (χ1v) is 14.7. The lowest BCUT2D eigenvalue weighted by Gasteiger charge is -2.12. The molecule has 0 radical (unpaired) electrons. The van der Waals surface area contributed by atoms with Gasteiger partial charge in [0, 0.05) is 22.2 Å². The highest BCUT2D eigenvalue weighted by Gasteiger charge is 2.20. The van der Waals surface area contributed by atoms with E-state index < -0.39 is 10.0 Å². The monoisotopic (exact) mass is 574 g/mol. The van der Waals surface area contributed by atoms with Gasteiger partial charge in [-0.25, -0.2) is 18.1 Å². The molecule has 0 aliphatic heterocycles. The van der Waals surface area contributed by atoms with E-state index >= 15 is 0 Å². The molecule has 208 valence electrons. The first-order valence-electron chi connectivity index (χ1n) is 13.2. The zero-order chi connectivity index (χ0) is 29.3. The fraction of sp³-hybridized carbons (Fsp3) is 0.0606. The Hall–Kier alpha value is -5.28. The summed E-state index contributed by atoms with van der Waals surface area (Å²) in [5.41, 5.74) is 6.56. The molecule has 0 aliphatic rings. The summed E-state index contributed by atoms with van der Waals surface area (Å²) in [5.74, 6) is -0.266. The van der Waals surface area contributed by atoms with E-state index in [2.05, 4.69) is 27.3 Å². The van der Waals surface area contributed by atoms with Crippen LogP contribution in [0.4, 0.5) is 11.6 Å². The third-order valence-corrected chi connectivity index (χ3v) is 8.40. The maximum atomic E-state index is 13.5. The SMILES string of the molecule is Cc1noc(NS(=O)(=O)c2ccc(NC(=O)c3cc(-c4ccc(-c5ccccc5)cc4)nc4ccccc34)cc2)c1C. The molecule has 8 nitrogen and oxygen atoms in total. The molecule has 2 N–H and O–H groups in total. The van der Waals surface area contributed by atoms with Crippen LogP contribution in [0.25, 0.3) is 33.3 Å². The van der Waals surface area contributed by atoms with E-state index in [4.69, 9.17) is 9.51 Å². The Labute approximate surface area is 243 Å². The van der Waals surface area contributed by atoms with Gasteiger partial charge in [-0.1, -0.05) is 78.0 Å². The fourth-order valence-electron chi connectivity index (χ4n) is 4.58. The number of nitrogens with zero attached hydrogens (tertiary/aromatic N) is 2. The summed E-state index contributed by atoms with van der Waals surface area (Å²) in [5, 5.41) is 7.38. The average molecular weight is 575 g/mol. The highest BCUT2D eigenvalue weighted by molar-refractivity contribution is 7.92. The second kappa shape index (κ2) is 10.9. The molecule has 1 amide bonds. The second-order valence-corrected chi connectivity index (χ2v) is 11.5. The summed E-state index contributed by atoms with van der Waals surface area (Å²) in [7, 11) is -3.91. The van der Waals surface area contributed by atoms with Crippen molar-refractivity contribution in [2.75, 3.05) is 10.0 Å². The summed E-state index contributed by atoms with van der Waals surface area (Å²) < 4.78 is 33.2. The smallest absolute Gasteiger partial charge is 0.264 e. The Morgan fingerprint density at radius 1 is 0.762 bits per heavy atom. The van der Waals surface area contributed by atoms with Crippen molar-refractivity contribution in [3.8, 4) is 22.4 Å². The number of amides is 1. The molecule has 0 saturated carbocycles. The lowest BCUT2D eigenvalue weighted by atomic mass is 10.0. The number of sulfonamides is 1. The van der Waals surface area contributed by atoms with E-state index in [0.717, 1.165) is 16.7 Å². The van der Waals surface area contributed by atoms with E-state index in [1.54, 1.807) is 19.9 Å². The van der Waals surface area contributed by atoms with Crippen molar-refractivity contribution >= 4 is 38.4 Å². The van der Waals surface area contributed by atoms with Gasteiger partial charge in [0.1, 0.15) is 0 Å². The van der Waals surface area contributed by atoms with Crippen molar-refractivity contribution in [2.24, 2.45) is 0 Å². The van der Waals surface area contributed by atoms with Crippen LogP contribution < -0.4 is 10.0 Å². The van der Waals surface area contributed by atoms with Crippen LogP contribution in [0.2, 0.25) is 0 Å². The fourth-order valence-corrected chi connectivity index (χ4v) is 5.63. The van der Waals surface area contributed by atoms with Crippen LogP contribution in [-0.2, 0) is 10.0 Å². The van der Waals surface area contributed by atoms with Crippen LogP contribution in [0.1, 0.15) is 21.6 Å². The second-order valence-electron chi connectivity index (χ2n) is 9.82. The molecule has 4 aromatic carbocycles. The molecule has 9 heteroatoms. The minimum Gasteiger partial charge on any atom is -0.337 e. The first kappa shape index (κ1) is 26.9. The first-order chi connectivity index (χ1) is 20.3. The van der Waals surface area contributed by atoms with Gasteiger partial charge in [0.2, 0.25) is 5.88 Å². The van der Waals surface area contributed by atoms with Gasteiger partial charge in [0.15, 0.2) is 0 Å². The van der Waals surface area contributed by atoms with E-state index in [9.17, 15) is 13.2 Å². The van der Waals surface area contributed by atoms with E-state index in [1.165, 1.54) is 24.3 Å². The summed E-state index contributed by atoms with van der Waals surface area (Å²) in [6, 6.07) is 33.3. The van der Waals surface area contributed by atoms with Gasteiger partial charge in [-0.05, 0) is 61.4 Å². The minimum absolute atomic E-state index is 0.0181. The third-order valence-electron chi connectivity index (χ3n) is 7.06. The summed E-state index contributed by atoms with van der Waals surface area (Å²) in [6.45, 7) is 3.45. The van der Waals surface area contributed by atoms with E-state index in [1.807, 2.05) is 66.7 Å². The standard InChI is InChI=1S/C33H26N4O4S/c1-21-22(2)36-41-33(21)37-42(39,40)27-18-16-26(17-19-27)34-32(38)29-20-31(35-30-11-7-6-10-28(29)30)25-14-12-24(13-15-25)23-8-4-3-5-9-23/h3-20,37H,1-2H3,(H,34,38). The van der Waals surface area contributed by atoms with Crippen LogP contribution in [0.15, 0.2) is 119 Å². The van der Waals surface area contributed by atoms with Crippen molar-refractivity contribution in [2.45, 2.75) is 18.7 Å². The minimum atomic E-state index is -3.91. The highest BCUT2D eigenvalue weighted by Crippen LogP contribution is 2.28. The lowest BCUT2D eigenvalue weighted by molar-refractivity contribution is 0.102.